The second kappa shape index (κ2) is 4.12. The van der Waals surface area contributed by atoms with Crippen LogP contribution in [0.4, 0.5) is 0 Å². The van der Waals surface area contributed by atoms with Crippen LogP contribution in [-0.2, 0) is 19.4 Å². The molecule has 11 heavy (non-hydrogen) atoms. The molecular weight excluding hydrogens is 376 g/mol. The Balaban J connectivity index is 2.86. The molecule has 1 rings (SSSR count). The van der Waals surface area contributed by atoms with Crippen LogP contribution in [0.3, 0.4) is 0 Å². The molecule has 0 saturated heterocycles. The van der Waals surface area contributed by atoms with Gasteiger partial charge in [0, 0.05) is 0 Å². The molecule has 2 nitrogen and oxygen atoms in total. The summed E-state index contributed by atoms with van der Waals surface area (Å²) in [5.74, 6) is 0.770. The number of hydrogen-bond donors (Lipinski definition) is 0. The fraction of sp³-hybridized carbons (Fsp3) is 0.143. The number of imidazole rings is 1. The molecule has 0 fully saturated rings. The van der Waals surface area contributed by atoms with Gasteiger partial charge in [-0.05, 0) is 0 Å². The SMILES string of the molecule is C/C([CH]=[W])=C/c1ncc(Br)[n-]1. The van der Waals surface area contributed by atoms with Crippen LogP contribution in [0.1, 0.15) is 12.7 Å². The van der Waals surface area contributed by atoms with Gasteiger partial charge in [0.25, 0.3) is 0 Å². The van der Waals surface area contributed by atoms with Crippen LogP contribution in [0.15, 0.2) is 16.4 Å². The van der Waals surface area contributed by atoms with Gasteiger partial charge in [-0.25, -0.2) is 0 Å². The van der Waals surface area contributed by atoms with Crippen molar-refractivity contribution in [1.29, 1.82) is 0 Å². The number of halogens is 1. The molecule has 1 aromatic heterocycles. The summed E-state index contributed by atoms with van der Waals surface area (Å²) in [4.78, 5) is 8.18. The van der Waals surface area contributed by atoms with Gasteiger partial charge >= 0.3 is 84.8 Å². The van der Waals surface area contributed by atoms with Crippen LogP contribution in [0.2, 0.25) is 0 Å². The Labute approximate surface area is 84.7 Å². The second-order valence-corrected chi connectivity index (χ2v) is 3.72. The van der Waals surface area contributed by atoms with E-state index in [2.05, 4.69) is 30.3 Å². The van der Waals surface area contributed by atoms with E-state index in [9.17, 15) is 0 Å². The monoisotopic (exact) mass is 381 g/mol. The third-order valence-corrected chi connectivity index (χ3v) is 2.79. The van der Waals surface area contributed by atoms with Gasteiger partial charge in [0.15, 0.2) is 0 Å². The van der Waals surface area contributed by atoms with Gasteiger partial charge in [0.1, 0.15) is 0 Å². The van der Waals surface area contributed by atoms with Crippen LogP contribution in [0, 0.1) is 0 Å². The summed E-state index contributed by atoms with van der Waals surface area (Å²) in [5, 5.41) is 0. The fourth-order valence-electron chi connectivity index (χ4n) is 0.594. The standard InChI is InChI=1S/C7H6BrN2.W/c1-5(2)3-7-9-4-6(8)10-7;/h1,3-4H,2H3;/q-1;/b5-3+;. The third-order valence-electron chi connectivity index (χ3n) is 1.07. The van der Waals surface area contributed by atoms with Gasteiger partial charge in [0.2, 0.25) is 0 Å². The summed E-state index contributed by atoms with van der Waals surface area (Å²) < 4.78 is 2.89. The Kier molecular flexibility index (Phi) is 3.40. The Hall–Kier alpha value is -0.0117. The Bertz CT molecular complexity index is 290. The average Bonchev–Trinajstić information content (AvgIpc) is 2.35. The number of aromatic nitrogens is 2. The summed E-state index contributed by atoms with van der Waals surface area (Å²) >= 11 is 4.68. The minimum atomic E-state index is 0.770. The quantitative estimate of drug-likeness (QED) is 0.777. The molecule has 0 amide bonds. The summed E-state index contributed by atoms with van der Waals surface area (Å²) in [6.07, 6.45) is 3.65. The van der Waals surface area contributed by atoms with Gasteiger partial charge in [-0.1, -0.05) is 0 Å². The number of nitrogens with zero attached hydrogens (tertiary/aromatic N) is 2. The van der Waals surface area contributed by atoms with Crippen molar-refractivity contribution in [1.82, 2.24) is 9.97 Å². The first kappa shape index (κ1) is 9.08. The van der Waals surface area contributed by atoms with Crippen molar-refractivity contribution < 1.29 is 19.4 Å². The van der Waals surface area contributed by atoms with Crippen LogP contribution in [-0.4, -0.2) is 9.38 Å². The molecule has 0 atom stereocenters. The molecular formula is C7H6BrN2W-. The topological polar surface area (TPSA) is 27.0 Å². The van der Waals surface area contributed by atoms with Crippen molar-refractivity contribution in [2.75, 3.05) is 0 Å². The molecule has 0 N–H and O–H groups in total. The van der Waals surface area contributed by atoms with E-state index < -0.39 is 0 Å². The Morgan fingerprint density at radius 1 is 1.82 bits per heavy atom. The van der Waals surface area contributed by atoms with Crippen molar-refractivity contribution in [3.8, 4) is 0 Å². The summed E-state index contributed by atoms with van der Waals surface area (Å²) in [6.45, 7) is 2.04. The van der Waals surface area contributed by atoms with Crippen LogP contribution in [0.5, 0.6) is 0 Å². The zero-order valence-corrected chi connectivity index (χ0v) is 10.4. The molecule has 0 spiro atoms. The van der Waals surface area contributed by atoms with E-state index in [1.165, 1.54) is 24.9 Å². The van der Waals surface area contributed by atoms with E-state index in [1.54, 1.807) is 6.20 Å². The molecule has 0 aliphatic heterocycles. The van der Waals surface area contributed by atoms with Crippen LogP contribution >= 0.6 is 15.9 Å². The average molecular weight is 382 g/mol. The second-order valence-electron chi connectivity index (χ2n) is 2.06. The molecule has 0 saturated carbocycles. The maximum atomic E-state index is 4.12. The molecule has 0 unspecified atom stereocenters. The minimum absolute atomic E-state index is 0.770. The van der Waals surface area contributed by atoms with Gasteiger partial charge in [-0.3, -0.25) is 0 Å². The normalized spacial score (nSPS) is 11.6. The first-order valence-corrected chi connectivity index (χ1v) is 5.50. The molecule has 1 aromatic rings. The van der Waals surface area contributed by atoms with E-state index in [0.29, 0.717) is 0 Å². The van der Waals surface area contributed by atoms with Gasteiger partial charge in [0.05, 0.1) is 0 Å². The summed E-state index contributed by atoms with van der Waals surface area (Å²) in [7, 11) is 0. The third kappa shape index (κ3) is 2.84. The molecule has 58 valence electrons. The van der Waals surface area contributed by atoms with Gasteiger partial charge < -0.3 is 0 Å². The van der Waals surface area contributed by atoms with Crippen molar-refractivity contribution >= 4 is 26.4 Å². The van der Waals surface area contributed by atoms with Crippen molar-refractivity contribution in [2.45, 2.75) is 6.92 Å². The summed E-state index contributed by atoms with van der Waals surface area (Å²) in [5.41, 5.74) is 1.21. The number of allylic oxidation sites excluding steroid dienone is 1. The van der Waals surface area contributed by atoms with E-state index in [1.807, 2.05) is 13.0 Å². The molecule has 0 aliphatic carbocycles. The van der Waals surface area contributed by atoms with E-state index in [4.69, 9.17) is 0 Å². The number of hydrogen-bond acceptors (Lipinski definition) is 1. The Morgan fingerprint density at radius 2 is 2.55 bits per heavy atom. The van der Waals surface area contributed by atoms with E-state index in [0.717, 1.165) is 10.4 Å². The molecule has 0 radical (unpaired) electrons. The van der Waals surface area contributed by atoms with Crippen LogP contribution < -0.4 is 4.98 Å². The molecule has 0 bridgehead atoms. The first-order chi connectivity index (χ1) is 5.22. The van der Waals surface area contributed by atoms with E-state index >= 15 is 0 Å². The first-order valence-electron chi connectivity index (χ1n) is 3.01. The zero-order chi connectivity index (χ0) is 8.27. The zero-order valence-electron chi connectivity index (χ0n) is 5.91. The number of rotatable bonds is 2. The van der Waals surface area contributed by atoms with E-state index in [-0.39, 0.29) is 0 Å². The maximum absolute atomic E-state index is 4.12. The van der Waals surface area contributed by atoms with Gasteiger partial charge in [-0.15, -0.1) is 0 Å². The van der Waals surface area contributed by atoms with Gasteiger partial charge in [-0.2, -0.15) is 0 Å². The predicted octanol–water partition coefficient (Wildman–Crippen LogP) is 1.55. The Morgan fingerprint density at radius 3 is 3.00 bits per heavy atom. The predicted molar refractivity (Wildman–Crippen MR) is 45.0 cm³/mol. The van der Waals surface area contributed by atoms with Crippen molar-refractivity contribution in [2.24, 2.45) is 0 Å². The molecule has 0 aromatic carbocycles. The van der Waals surface area contributed by atoms with Crippen molar-refractivity contribution in [3.05, 3.63) is 22.2 Å². The summed E-state index contributed by atoms with van der Waals surface area (Å²) in [6, 6.07) is 0. The van der Waals surface area contributed by atoms with Crippen LogP contribution in [0.25, 0.3) is 6.08 Å². The molecule has 4 heteroatoms. The molecule has 0 aliphatic rings. The molecule has 1 heterocycles. The fourth-order valence-corrected chi connectivity index (χ4v) is 1.12. The van der Waals surface area contributed by atoms with Crippen molar-refractivity contribution in [3.63, 3.8) is 0 Å².